The molecule has 0 bridgehead atoms. The maximum absolute atomic E-state index is 12.7. The number of nitro benzene ring substituents is 1. The predicted molar refractivity (Wildman–Crippen MR) is 88.1 cm³/mol. The zero-order valence-electron chi connectivity index (χ0n) is 12.8. The minimum Gasteiger partial charge on any atom is -0.452 e. The second kappa shape index (κ2) is 8.34. The average molecular weight is 344 g/mol. The fraction of sp³-hybridized carbons (Fsp3) is 0.0588. The molecule has 1 amide bonds. The zero-order chi connectivity index (χ0) is 18.2. The van der Waals surface area contributed by atoms with E-state index in [1.807, 2.05) is 0 Å². The molecule has 0 saturated carbocycles. The zero-order valence-corrected chi connectivity index (χ0v) is 12.8. The third kappa shape index (κ3) is 5.87. The Balaban J connectivity index is 1.80. The quantitative estimate of drug-likeness (QED) is 0.376. The summed E-state index contributed by atoms with van der Waals surface area (Å²) in [6.07, 6.45) is 2.51. The molecule has 2 rings (SSSR count). The number of carbonyl (C=O) groups is 2. The van der Waals surface area contributed by atoms with E-state index in [-0.39, 0.29) is 5.69 Å². The van der Waals surface area contributed by atoms with Gasteiger partial charge >= 0.3 is 5.97 Å². The van der Waals surface area contributed by atoms with Crippen LogP contribution in [0.5, 0.6) is 0 Å². The first kappa shape index (κ1) is 17.8. The molecule has 0 aliphatic rings. The Labute approximate surface area is 141 Å². The Morgan fingerprint density at radius 2 is 1.76 bits per heavy atom. The van der Waals surface area contributed by atoms with E-state index in [9.17, 15) is 24.1 Å². The van der Waals surface area contributed by atoms with Crippen LogP contribution < -0.4 is 5.32 Å². The van der Waals surface area contributed by atoms with Crippen molar-refractivity contribution in [1.82, 2.24) is 0 Å². The first-order valence-electron chi connectivity index (χ1n) is 7.09. The lowest BCUT2D eigenvalue weighted by Crippen LogP contribution is -2.20. The summed E-state index contributed by atoms with van der Waals surface area (Å²) < 4.78 is 17.5. The monoisotopic (exact) mass is 344 g/mol. The van der Waals surface area contributed by atoms with Crippen LogP contribution in [0.1, 0.15) is 5.56 Å². The third-order valence-corrected chi connectivity index (χ3v) is 2.99. The molecule has 2 aromatic carbocycles. The highest BCUT2D eigenvalue weighted by Gasteiger charge is 2.06. The van der Waals surface area contributed by atoms with Crippen LogP contribution in [0, 0.1) is 15.9 Å². The lowest BCUT2D eigenvalue weighted by atomic mass is 10.2. The lowest BCUT2D eigenvalue weighted by Gasteiger charge is -2.05. The Kier molecular flexibility index (Phi) is 5.94. The van der Waals surface area contributed by atoms with Gasteiger partial charge in [-0.3, -0.25) is 14.9 Å². The van der Waals surface area contributed by atoms with Gasteiger partial charge < -0.3 is 10.1 Å². The van der Waals surface area contributed by atoms with Crippen LogP contribution in [0.2, 0.25) is 0 Å². The van der Waals surface area contributed by atoms with Gasteiger partial charge in [0.15, 0.2) is 6.61 Å². The SMILES string of the molecule is O=C(COC(=O)C=Cc1ccc([N+](=O)[O-])cc1)Nc1ccc(F)cc1. The van der Waals surface area contributed by atoms with E-state index in [2.05, 4.69) is 5.32 Å². The minimum atomic E-state index is -0.743. The number of amides is 1. The Morgan fingerprint density at radius 3 is 2.36 bits per heavy atom. The number of esters is 1. The standard InChI is InChI=1S/C17H13FN2O5/c18-13-4-6-14(7-5-13)19-16(21)11-25-17(22)10-3-12-1-8-15(9-2-12)20(23)24/h1-10H,11H2,(H,19,21). The van der Waals surface area contributed by atoms with E-state index >= 15 is 0 Å². The third-order valence-electron chi connectivity index (χ3n) is 2.99. The summed E-state index contributed by atoms with van der Waals surface area (Å²) in [6.45, 7) is -0.499. The van der Waals surface area contributed by atoms with E-state index < -0.39 is 29.2 Å². The van der Waals surface area contributed by atoms with Crippen molar-refractivity contribution < 1.29 is 23.6 Å². The van der Waals surface area contributed by atoms with Gasteiger partial charge in [-0.1, -0.05) is 0 Å². The maximum atomic E-state index is 12.7. The highest BCUT2D eigenvalue weighted by atomic mass is 19.1. The maximum Gasteiger partial charge on any atom is 0.331 e. The number of anilines is 1. The van der Waals surface area contributed by atoms with Crippen molar-refractivity contribution in [1.29, 1.82) is 0 Å². The van der Waals surface area contributed by atoms with E-state index in [0.717, 1.165) is 6.08 Å². The highest BCUT2D eigenvalue weighted by molar-refractivity contribution is 5.94. The highest BCUT2D eigenvalue weighted by Crippen LogP contribution is 2.13. The molecule has 0 aliphatic carbocycles. The molecule has 0 unspecified atom stereocenters. The molecule has 0 aromatic heterocycles. The van der Waals surface area contributed by atoms with Crippen molar-refractivity contribution in [2.24, 2.45) is 0 Å². The first-order valence-corrected chi connectivity index (χ1v) is 7.09. The summed E-state index contributed by atoms with van der Waals surface area (Å²) >= 11 is 0. The molecule has 2 aromatic rings. The number of nitrogens with zero attached hydrogens (tertiary/aromatic N) is 1. The fourth-order valence-electron chi connectivity index (χ4n) is 1.79. The molecule has 1 N–H and O–H groups in total. The van der Waals surface area contributed by atoms with Gasteiger partial charge in [-0.15, -0.1) is 0 Å². The number of non-ortho nitro benzene ring substituents is 1. The lowest BCUT2D eigenvalue weighted by molar-refractivity contribution is -0.384. The van der Waals surface area contributed by atoms with Crippen LogP contribution >= 0.6 is 0 Å². The van der Waals surface area contributed by atoms with Crippen molar-refractivity contribution in [2.45, 2.75) is 0 Å². The smallest absolute Gasteiger partial charge is 0.331 e. The van der Waals surface area contributed by atoms with Crippen molar-refractivity contribution in [3.63, 3.8) is 0 Å². The Hall–Kier alpha value is -3.55. The van der Waals surface area contributed by atoms with Gasteiger partial charge in [0.1, 0.15) is 5.82 Å². The van der Waals surface area contributed by atoms with Crippen molar-refractivity contribution in [2.75, 3.05) is 11.9 Å². The Morgan fingerprint density at radius 1 is 1.12 bits per heavy atom. The van der Waals surface area contributed by atoms with Crippen LogP contribution in [0.15, 0.2) is 54.6 Å². The van der Waals surface area contributed by atoms with E-state index in [1.54, 1.807) is 0 Å². The summed E-state index contributed by atoms with van der Waals surface area (Å²) in [4.78, 5) is 33.2. The predicted octanol–water partition coefficient (Wildman–Crippen LogP) is 2.93. The molecule has 0 fully saturated rings. The largest absolute Gasteiger partial charge is 0.452 e. The first-order chi connectivity index (χ1) is 11.9. The van der Waals surface area contributed by atoms with Crippen LogP contribution in [-0.4, -0.2) is 23.4 Å². The summed E-state index contributed by atoms with van der Waals surface area (Å²) in [6, 6.07) is 10.7. The number of halogens is 1. The fourth-order valence-corrected chi connectivity index (χ4v) is 1.79. The van der Waals surface area contributed by atoms with Gasteiger partial charge in [0.2, 0.25) is 0 Å². The number of hydrogen-bond donors (Lipinski definition) is 1. The Bertz CT molecular complexity index is 801. The number of hydrogen-bond acceptors (Lipinski definition) is 5. The molecule has 0 atom stereocenters. The van der Waals surface area contributed by atoms with Gasteiger partial charge in [-0.25, -0.2) is 9.18 Å². The molecule has 8 heteroatoms. The van der Waals surface area contributed by atoms with E-state index in [1.165, 1.54) is 54.6 Å². The van der Waals surface area contributed by atoms with Crippen LogP contribution in [-0.2, 0) is 14.3 Å². The van der Waals surface area contributed by atoms with Crippen molar-refractivity contribution in [3.8, 4) is 0 Å². The topological polar surface area (TPSA) is 98.5 Å². The molecular formula is C17H13FN2O5. The molecule has 7 nitrogen and oxygen atoms in total. The summed E-state index contributed by atoms with van der Waals surface area (Å²) in [5.74, 6) is -1.74. The normalized spacial score (nSPS) is 10.4. The average Bonchev–Trinajstić information content (AvgIpc) is 2.60. The number of carbonyl (C=O) groups excluding carboxylic acids is 2. The number of rotatable bonds is 6. The van der Waals surface area contributed by atoms with Gasteiger partial charge in [-0.05, 0) is 48.0 Å². The number of ether oxygens (including phenoxy) is 1. The molecule has 0 saturated heterocycles. The molecule has 0 radical (unpaired) electrons. The van der Waals surface area contributed by atoms with Gasteiger partial charge in [0, 0.05) is 23.9 Å². The molecular weight excluding hydrogens is 331 g/mol. The second-order valence-electron chi connectivity index (χ2n) is 4.84. The summed E-state index contributed by atoms with van der Waals surface area (Å²) in [5.41, 5.74) is 0.888. The van der Waals surface area contributed by atoms with E-state index in [4.69, 9.17) is 4.74 Å². The van der Waals surface area contributed by atoms with Gasteiger partial charge in [0.25, 0.3) is 11.6 Å². The van der Waals surface area contributed by atoms with Crippen molar-refractivity contribution >= 4 is 29.3 Å². The second-order valence-corrected chi connectivity index (χ2v) is 4.84. The summed E-state index contributed by atoms with van der Waals surface area (Å²) in [7, 11) is 0. The number of nitrogens with one attached hydrogen (secondary N) is 1. The summed E-state index contributed by atoms with van der Waals surface area (Å²) in [5, 5.41) is 13.0. The molecule has 128 valence electrons. The number of nitro groups is 1. The van der Waals surface area contributed by atoms with Crippen LogP contribution in [0.25, 0.3) is 6.08 Å². The number of benzene rings is 2. The molecule has 0 spiro atoms. The molecule has 0 aliphatic heterocycles. The van der Waals surface area contributed by atoms with Gasteiger partial charge in [-0.2, -0.15) is 0 Å². The van der Waals surface area contributed by atoms with Crippen LogP contribution in [0.3, 0.4) is 0 Å². The minimum absolute atomic E-state index is 0.0582. The van der Waals surface area contributed by atoms with Crippen molar-refractivity contribution in [3.05, 3.63) is 76.1 Å². The van der Waals surface area contributed by atoms with Crippen LogP contribution in [0.4, 0.5) is 15.8 Å². The van der Waals surface area contributed by atoms with E-state index in [0.29, 0.717) is 11.3 Å². The molecule has 25 heavy (non-hydrogen) atoms. The molecule has 0 heterocycles. The van der Waals surface area contributed by atoms with Gasteiger partial charge in [0.05, 0.1) is 4.92 Å².